The summed E-state index contributed by atoms with van der Waals surface area (Å²) in [6.45, 7) is 4.53. The number of ether oxygens (including phenoxy) is 1. The van der Waals surface area contributed by atoms with Crippen molar-refractivity contribution < 1.29 is 9.84 Å². The zero-order valence-electron chi connectivity index (χ0n) is 5.42. The highest BCUT2D eigenvalue weighted by molar-refractivity contribution is 4.86. The largest absolute Gasteiger partial charge is 0.396 e. The van der Waals surface area contributed by atoms with Gasteiger partial charge in [0.1, 0.15) is 0 Å². The van der Waals surface area contributed by atoms with Crippen LogP contribution < -0.4 is 0 Å². The third-order valence-corrected chi connectivity index (χ3v) is 1.63. The standard InChI is InChI=1S/C7H12O2/c1-2-7-3-6(4-8)5-9-7/h2,6-8H,1,3-5H2. The first kappa shape index (κ1) is 6.78. The Labute approximate surface area is 55.1 Å². The maximum absolute atomic E-state index is 8.67. The number of aliphatic hydroxyl groups is 1. The normalized spacial score (nSPS) is 34.8. The maximum atomic E-state index is 8.67. The third-order valence-electron chi connectivity index (χ3n) is 1.63. The fraction of sp³-hybridized carbons (Fsp3) is 0.714. The SMILES string of the molecule is C=CC1CC(CO)CO1. The van der Waals surface area contributed by atoms with Crippen LogP contribution in [0.15, 0.2) is 12.7 Å². The van der Waals surface area contributed by atoms with Crippen molar-refractivity contribution in [3.8, 4) is 0 Å². The molecule has 1 rings (SSSR count). The second-order valence-electron chi connectivity index (χ2n) is 2.39. The highest BCUT2D eigenvalue weighted by Crippen LogP contribution is 2.18. The number of hydrogen-bond donors (Lipinski definition) is 1. The van der Waals surface area contributed by atoms with Crippen LogP contribution in [-0.2, 0) is 4.74 Å². The zero-order valence-corrected chi connectivity index (χ0v) is 5.42. The molecule has 0 aromatic carbocycles. The van der Waals surface area contributed by atoms with Crippen molar-refractivity contribution >= 4 is 0 Å². The van der Waals surface area contributed by atoms with Crippen LogP contribution in [0.1, 0.15) is 6.42 Å². The monoisotopic (exact) mass is 128 g/mol. The molecule has 2 nitrogen and oxygen atoms in total. The average Bonchev–Trinajstić information content (AvgIpc) is 2.34. The van der Waals surface area contributed by atoms with E-state index in [-0.39, 0.29) is 12.7 Å². The van der Waals surface area contributed by atoms with Gasteiger partial charge in [0, 0.05) is 12.5 Å². The molecule has 0 aromatic rings. The molecular weight excluding hydrogens is 116 g/mol. The van der Waals surface area contributed by atoms with Gasteiger partial charge in [0.05, 0.1) is 12.7 Å². The third kappa shape index (κ3) is 1.53. The van der Waals surface area contributed by atoms with E-state index in [2.05, 4.69) is 6.58 Å². The van der Waals surface area contributed by atoms with Gasteiger partial charge in [-0.3, -0.25) is 0 Å². The second-order valence-corrected chi connectivity index (χ2v) is 2.39. The van der Waals surface area contributed by atoms with Crippen LogP contribution in [0.4, 0.5) is 0 Å². The van der Waals surface area contributed by atoms with Crippen LogP contribution in [0.25, 0.3) is 0 Å². The maximum Gasteiger partial charge on any atom is 0.0757 e. The summed E-state index contributed by atoms with van der Waals surface area (Å²) >= 11 is 0. The Hall–Kier alpha value is -0.340. The summed E-state index contributed by atoms with van der Waals surface area (Å²) < 4.78 is 5.23. The van der Waals surface area contributed by atoms with Gasteiger partial charge in [-0.1, -0.05) is 6.08 Å². The predicted octanol–water partition coefficient (Wildman–Crippen LogP) is 0.570. The van der Waals surface area contributed by atoms with Crippen LogP contribution in [0, 0.1) is 5.92 Å². The Morgan fingerprint density at radius 2 is 2.56 bits per heavy atom. The number of rotatable bonds is 2. The Morgan fingerprint density at radius 1 is 1.78 bits per heavy atom. The van der Waals surface area contributed by atoms with E-state index in [0.717, 1.165) is 6.42 Å². The molecule has 0 spiro atoms. The average molecular weight is 128 g/mol. The second kappa shape index (κ2) is 2.99. The molecule has 52 valence electrons. The lowest BCUT2D eigenvalue weighted by Crippen LogP contribution is -2.04. The molecule has 0 bridgehead atoms. The molecular formula is C7H12O2. The molecule has 0 aliphatic carbocycles. The summed E-state index contributed by atoms with van der Waals surface area (Å²) in [5, 5.41) is 8.67. The summed E-state index contributed by atoms with van der Waals surface area (Å²) in [6.07, 6.45) is 2.90. The lowest BCUT2D eigenvalue weighted by molar-refractivity contribution is 0.128. The fourth-order valence-electron chi connectivity index (χ4n) is 1.02. The highest BCUT2D eigenvalue weighted by Gasteiger charge is 2.21. The molecule has 0 amide bonds. The first-order valence-electron chi connectivity index (χ1n) is 3.22. The number of hydrogen-bond acceptors (Lipinski definition) is 2. The van der Waals surface area contributed by atoms with Crippen molar-refractivity contribution in [1.29, 1.82) is 0 Å². The molecule has 1 N–H and O–H groups in total. The van der Waals surface area contributed by atoms with Crippen molar-refractivity contribution in [1.82, 2.24) is 0 Å². The van der Waals surface area contributed by atoms with Gasteiger partial charge >= 0.3 is 0 Å². The number of aliphatic hydroxyl groups excluding tert-OH is 1. The Morgan fingerprint density at radius 3 is 2.89 bits per heavy atom. The summed E-state index contributed by atoms with van der Waals surface area (Å²) in [5.41, 5.74) is 0. The summed E-state index contributed by atoms with van der Waals surface area (Å²) in [4.78, 5) is 0. The first-order chi connectivity index (χ1) is 4.36. The van der Waals surface area contributed by atoms with Crippen molar-refractivity contribution in [2.45, 2.75) is 12.5 Å². The Balaban J connectivity index is 2.28. The van der Waals surface area contributed by atoms with Gasteiger partial charge in [0.25, 0.3) is 0 Å². The van der Waals surface area contributed by atoms with E-state index in [1.165, 1.54) is 0 Å². The molecule has 1 fully saturated rings. The smallest absolute Gasteiger partial charge is 0.0757 e. The molecule has 0 aromatic heterocycles. The van der Waals surface area contributed by atoms with E-state index in [4.69, 9.17) is 9.84 Å². The van der Waals surface area contributed by atoms with E-state index >= 15 is 0 Å². The first-order valence-corrected chi connectivity index (χ1v) is 3.22. The molecule has 1 saturated heterocycles. The molecule has 2 unspecified atom stereocenters. The molecule has 1 aliphatic rings. The molecule has 2 heteroatoms. The van der Waals surface area contributed by atoms with Crippen LogP contribution in [0.5, 0.6) is 0 Å². The van der Waals surface area contributed by atoms with E-state index in [1.807, 2.05) is 0 Å². The van der Waals surface area contributed by atoms with Gasteiger partial charge in [0.15, 0.2) is 0 Å². The minimum atomic E-state index is 0.183. The van der Waals surface area contributed by atoms with E-state index in [1.54, 1.807) is 6.08 Å². The molecule has 2 atom stereocenters. The van der Waals surface area contributed by atoms with Crippen LogP contribution >= 0.6 is 0 Å². The van der Waals surface area contributed by atoms with Gasteiger partial charge in [-0.05, 0) is 6.42 Å². The van der Waals surface area contributed by atoms with Crippen molar-refractivity contribution in [3.63, 3.8) is 0 Å². The fourth-order valence-corrected chi connectivity index (χ4v) is 1.02. The van der Waals surface area contributed by atoms with Crippen molar-refractivity contribution in [2.75, 3.05) is 13.2 Å². The topological polar surface area (TPSA) is 29.5 Å². The Kier molecular flexibility index (Phi) is 2.25. The predicted molar refractivity (Wildman–Crippen MR) is 35.1 cm³/mol. The quantitative estimate of drug-likeness (QED) is 0.551. The van der Waals surface area contributed by atoms with Gasteiger partial charge in [-0.15, -0.1) is 6.58 Å². The zero-order chi connectivity index (χ0) is 6.69. The van der Waals surface area contributed by atoms with Crippen LogP contribution in [-0.4, -0.2) is 24.4 Å². The molecule has 9 heavy (non-hydrogen) atoms. The van der Waals surface area contributed by atoms with E-state index in [9.17, 15) is 0 Å². The molecule has 0 saturated carbocycles. The van der Waals surface area contributed by atoms with E-state index in [0.29, 0.717) is 12.5 Å². The summed E-state index contributed by atoms with van der Waals surface area (Å²) in [6, 6.07) is 0. The van der Waals surface area contributed by atoms with Crippen molar-refractivity contribution in [2.24, 2.45) is 5.92 Å². The molecule has 1 heterocycles. The summed E-state index contributed by atoms with van der Waals surface area (Å²) in [7, 11) is 0. The van der Waals surface area contributed by atoms with Gasteiger partial charge in [0.2, 0.25) is 0 Å². The van der Waals surface area contributed by atoms with Gasteiger partial charge in [-0.25, -0.2) is 0 Å². The van der Waals surface area contributed by atoms with E-state index < -0.39 is 0 Å². The van der Waals surface area contributed by atoms with Gasteiger partial charge < -0.3 is 9.84 Å². The molecule has 0 radical (unpaired) electrons. The highest BCUT2D eigenvalue weighted by atomic mass is 16.5. The Bertz CT molecular complexity index is 101. The minimum absolute atomic E-state index is 0.183. The lowest BCUT2D eigenvalue weighted by Gasteiger charge is -1.99. The van der Waals surface area contributed by atoms with Crippen LogP contribution in [0.3, 0.4) is 0 Å². The minimum Gasteiger partial charge on any atom is -0.396 e. The van der Waals surface area contributed by atoms with Crippen LogP contribution in [0.2, 0.25) is 0 Å². The lowest BCUT2D eigenvalue weighted by atomic mass is 10.1. The van der Waals surface area contributed by atoms with Crippen molar-refractivity contribution in [3.05, 3.63) is 12.7 Å². The van der Waals surface area contributed by atoms with Gasteiger partial charge in [-0.2, -0.15) is 0 Å². The summed E-state index contributed by atoms with van der Waals surface area (Å²) in [5.74, 6) is 0.341. The molecule has 1 aliphatic heterocycles.